The number of likely N-dealkylation sites (tertiary alicyclic amines) is 1. The second-order valence-corrected chi connectivity index (χ2v) is 8.14. The van der Waals surface area contributed by atoms with Crippen molar-refractivity contribution in [3.05, 3.63) is 30.1 Å². The molecule has 1 fully saturated rings. The number of hydrogen-bond acceptors (Lipinski definition) is 5. The first-order chi connectivity index (χ1) is 11.8. The number of pyridine rings is 1. The van der Waals surface area contributed by atoms with Crippen LogP contribution in [0.2, 0.25) is 0 Å². The molecular formula is C18H27N3O3S. The highest BCUT2D eigenvalue weighted by molar-refractivity contribution is 7.99. The summed E-state index contributed by atoms with van der Waals surface area (Å²) in [6, 6.07) is 3.99. The molecule has 138 valence electrons. The SMILES string of the molecule is CC(C)(C)OC(=O)NC1CCN(C(=O)CSCc2cccnc2)CC1. The summed E-state index contributed by atoms with van der Waals surface area (Å²) < 4.78 is 5.27. The van der Waals surface area contributed by atoms with Crippen molar-refractivity contribution >= 4 is 23.8 Å². The Balaban J connectivity index is 1.65. The number of piperidine rings is 1. The van der Waals surface area contributed by atoms with Crippen molar-refractivity contribution < 1.29 is 14.3 Å². The van der Waals surface area contributed by atoms with E-state index in [4.69, 9.17) is 4.74 Å². The normalized spacial score (nSPS) is 15.7. The van der Waals surface area contributed by atoms with E-state index < -0.39 is 5.60 Å². The van der Waals surface area contributed by atoms with Crippen LogP contribution >= 0.6 is 11.8 Å². The van der Waals surface area contributed by atoms with Gasteiger partial charge in [-0.15, -0.1) is 11.8 Å². The van der Waals surface area contributed by atoms with Gasteiger partial charge >= 0.3 is 6.09 Å². The van der Waals surface area contributed by atoms with Crippen LogP contribution in [0.1, 0.15) is 39.2 Å². The minimum absolute atomic E-state index is 0.0712. The summed E-state index contributed by atoms with van der Waals surface area (Å²) in [6.45, 7) is 6.88. The maximum Gasteiger partial charge on any atom is 0.407 e. The van der Waals surface area contributed by atoms with Gasteiger partial charge in [-0.3, -0.25) is 9.78 Å². The number of aromatic nitrogens is 1. The Hall–Kier alpha value is -1.76. The number of amides is 2. The Labute approximate surface area is 153 Å². The van der Waals surface area contributed by atoms with Gasteiger partial charge in [0.1, 0.15) is 5.60 Å². The zero-order valence-corrected chi connectivity index (χ0v) is 16.0. The molecule has 1 aromatic rings. The molecule has 0 bridgehead atoms. The van der Waals surface area contributed by atoms with Gasteiger partial charge in [0, 0.05) is 37.3 Å². The average molecular weight is 365 g/mol. The number of hydrogen-bond donors (Lipinski definition) is 1. The highest BCUT2D eigenvalue weighted by Crippen LogP contribution is 2.16. The zero-order chi connectivity index (χ0) is 18.3. The van der Waals surface area contributed by atoms with E-state index in [1.54, 1.807) is 18.0 Å². The number of rotatable bonds is 5. The van der Waals surface area contributed by atoms with E-state index in [1.807, 2.05) is 44.0 Å². The maximum absolute atomic E-state index is 12.3. The topological polar surface area (TPSA) is 71.5 Å². The van der Waals surface area contributed by atoms with Gasteiger partial charge in [-0.05, 0) is 45.2 Å². The van der Waals surface area contributed by atoms with Crippen LogP contribution in [-0.4, -0.2) is 52.4 Å². The van der Waals surface area contributed by atoms with Crippen LogP contribution in [-0.2, 0) is 15.3 Å². The molecule has 6 nitrogen and oxygen atoms in total. The van der Waals surface area contributed by atoms with Gasteiger partial charge in [0.05, 0.1) is 5.75 Å². The lowest BCUT2D eigenvalue weighted by atomic mass is 10.1. The Morgan fingerprint density at radius 1 is 1.36 bits per heavy atom. The van der Waals surface area contributed by atoms with Crippen LogP contribution in [0.4, 0.5) is 4.79 Å². The fourth-order valence-electron chi connectivity index (χ4n) is 2.58. The number of carbonyl (C=O) groups is 2. The third-order valence-corrected chi connectivity index (χ3v) is 4.77. The molecule has 0 aromatic carbocycles. The summed E-state index contributed by atoms with van der Waals surface area (Å²) >= 11 is 1.60. The largest absolute Gasteiger partial charge is 0.444 e. The first-order valence-corrected chi connectivity index (χ1v) is 9.73. The van der Waals surface area contributed by atoms with Crippen LogP contribution < -0.4 is 5.32 Å². The molecule has 7 heteroatoms. The molecule has 0 unspecified atom stereocenters. The summed E-state index contributed by atoms with van der Waals surface area (Å²) in [4.78, 5) is 30.0. The first kappa shape index (κ1) is 19.6. The van der Waals surface area contributed by atoms with Crippen LogP contribution in [0.5, 0.6) is 0 Å². The van der Waals surface area contributed by atoms with Gasteiger partial charge in [0.25, 0.3) is 0 Å². The molecule has 2 amide bonds. The molecule has 0 radical (unpaired) electrons. The van der Waals surface area contributed by atoms with Crippen molar-refractivity contribution in [2.45, 2.75) is 51.0 Å². The van der Waals surface area contributed by atoms with Gasteiger partial charge in [-0.25, -0.2) is 4.79 Å². The van der Waals surface area contributed by atoms with Gasteiger partial charge in [-0.2, -0.15) is 0 Å². The number of alkyl carbamates (subject to hydrolysis) is 1. The molecule has 25 heavy (non-hydrogen) atoms. The molecule has 1 N–H and O–H groups in total. The van der Waals surface area contributed by atoms with E-state index >= 15 is 0 Å². The summed E-state index contributed by atoms with van der Waals surface area (Å²) in [7, 11) is 0. The zero-order valence-electron chi connectivity index (χ0n) is 15.2. The molecular weight excluding hydrogens is 338 g/mol. The van der Waals surface area contributed by atoms with E-state index in [-0.39, 0.29) is 18.0 Å². The molecule has 1 aliphatic rings. The highest BCUT2D eigenvalue weighted by atomic mass is 32.2. The van der Waals surface area contributed by atoms with Gasteiger partial charge in [0.15, 0.2) is 0 Å². The van der Waals surface area contributed by atoms with Gasteiger partial charge in [-0.1, -0.05) is 6.07 Å². The quantitative estimate of drug-likeness (QED) is 0.869. The van der Waals surface area contributed by atoms with Crippen molar-refractivity contribution in [3.8, 4) is 0 Å². The third-order valence-electron chi connectivity index (χ3n) is 3.79. The van der Waals surface area contributed by atoms with Crippen LogP contribution in [0.25, 0.3) is 0 Å². The van der Waals surface area contributed by atoms with Crippen LogP contribution in [0, 0.1) is 0 Å². The lowest BCUT2D eigenvalue weighted by Crippen LogP contribution is -2.48. The number of carbonyl (C=O) groups excluding carboxylic acids is 2. The monoisotopic (exact) mass is 365 g/mol. The summed E-state index contributed by atoms with van der Waals surface area (Å²) in [5.41, 5.74) is 0.632. The molecule has 0 aliphatic carbocycles. The van der Waals surface area contributed by atoms with E-state index in [1.165, 1.54) is 0 Å². The molecule has 1 aromatic heterocycles. The maximum atomic E-state index is 12.3. The standard InChI is InChI=1S/C18H27N3O3S/c1-18(2,3)24-17(23)20-15-6-9-21(10-7-15)16(22)13-25-12-14-5-4-8-19-11-14/h4-5,8,11,15H,6-7,9-10,12-13H2,1-3H3,(H,20,23). The minimum atomic E-state index is -0.494. The molecule has 2 rings (SSSR count). The molecule has 1 aliphatic heterocycles. The Kier molecular flexibility index (Phi) is 7.11. The van der Waals surface area contributed by atoms with E-state index in [0.29, 0.717) is 18.8 Å². The van der Waals surface area contributed by atoms with Gasteiger partial charge in [0.2, 0.25) is 5.91 Å². The second-order valence-electron chi connectivity index (χ2n) is 7.16. The van der Waals surface area contributed by atoms with Crippen LogP contribution in [0.15, 0.2) is 24.5 Å². The highest BCUT2D eigenvalue weighted by Gasteiger charge is 2.25. The van der Waals surface area contributed by atoms with E-state index in [0.717, 1.165) is 24.2 Å². The second kappa shape index (κ2) is 9.08. The number of thioether (sulfide) groups is 1. The molecule has 1 saturated heterocycles. The predicted molar refractivity (Wildman–Crippen MR) is 99.4 cm³/mol. The molecule has 2 heterocycles. The molecule has 0 spiro atoms. The Bertz CT molecular complexity index is 567. The Morgan fingerprint density at radius 2 is 2.08 bits per heavy atom. The summed E-state index contributed by atoms with van der Waals surface area (Å²) in [5.74, 6) is 1.42. The molecule has 0 saturated carbocycles. The first-order valence-electron chi connectivity index (χ1n) is 8.57. The summed E-state index contributed by atoms with van der Waals surface area (Å²) in [6.07, 6.45) is 4.71. The van der Waals surface area contributed by atoms with Crippen molar-refractivity contribution in [1.82, 2.24) is 15.2 Å². The number of nitrogens with one attached hydrogen (secondary N) is 1. The van der Waals surface area contributed by atoms with Crippen molar-refractivity contribution in [2.75, 3.05) is 18.8 Å². The predicted octanol–water partition coefficient (Wildman–Crippen LogP) is 2.83. The minimum Gasteiger partial charge on any atom is -0.444 e. The third kappa shape index (κ3) is 7.34. The number of ether oxygens (including phenoxy) is 1. The Morgan fingerprint density at radius 3 is 2.68 bits per heavy atom. The smallest absolute Gasteiger partial charge is 0.407 e. The lowest BCUT2D eigenvalue weighted by Gasteiger charge is -2.32. The average Bonchev–Trinajstić information content (AvgIpc) is 2.54. The van der Waals surface area contributed by atoms with E-state index in [9.17, 15) is 9.59 Å². The van der Waals surface area contributed by atoms with Crippen molar-refractivity contribution in [1.29, 1.82) is 0 Å². The fraction of sp³-hybridized carbons (Fsp3) is 0.611. The van der Waals surface area contributed by atoms with Gasteiger partial charge < -0.3 is 15.0 Å². The number of nitrogens with zero attached hydrogens (tertiary/aromatic N) is 2. The van der Waals surface area contributed by atoms with Crippen molar-refractivity contribution in [2.24, 2.45) is 0 Å². The van der Waals surface area contributed by atoms with Crippen molar-refractivity contribution in [3.63, 3.8) is 0 Å². The summed E-state index contributed by atoms with van der Waals surface area (Å²) in [5, 5.41) is 2.89. The van der Waals surface area contributed by atoms with E-state index in [2.05, 4.69) is 10.3 Å². The fourth-order valence-corrected chi connectivity index (χ4v) is 3.44. The lowest BCUT2D eigenvalue weighted by molar-refractivity contribution is -0.129. The van der Waals surface area contributed by atoms with Crippen LogP contribution in [0.3, 0.4) is 0 Å². The molecule has 0 atom stereocenters.